The molecule has 0 aliphatic carbocycles. The molecule has 2 aromatic rings. The van der Waals surface area contributed by atoms with Gasteiger partial charge in [0.25, 0.3) is 0 Å². The number of nitrogens with zero attached hydrogens (tertiary/aromatic N) is 1. The summed E-state index contributed by atoms with van der Waals surface area (Å²) in [4.78, 5) is 26.9. The average Bonchev–Trinajstić information content (AvgIpc) is 2.79. The van der Waals surface area contributed by atoms with E-state index in [2.05, 4.69) is 5.32 Å². The summed E-state index contributed by atoms with van der Waals surface area (Å²) in [5.41, 5.74) is 0.369. The Morgan fingerprint density at radius 1 is 1.21 bits per heavy atom. The molecule has 1 heterocycles. The fourth-order valence-electron chi connectivity index (χ4n) is 3.41. The first-order chi connectivity index (χ1) is 15.7. The summed E-state index contributed by atoms with van der Waals surface area (Å²) >= 11 is 6.02. The van der Waals surface area contributed by atoms with Gasteiger partial charge in [0.1, 0.15) is 18.0 Å². The van der Waals surface area contributed by atoms with Gasteiger partial charge in [0.2, 0.25) is 5.91 Å². The molecule has 0 saturated carbocycles. The largest absolute Gasteiger partial charge is 0.445 e. The number of carbonyl (C=O) groups excluding carboxylic acids is 2. The molecule has 9 heteroatoms. The number of halogens is 2. The molecule has 2 aromatic carbocycles. The van der Waals surface area contributed by atoms with Crippen LogP contribution in [0.2, 0.25) is 5.02 Å². The van der Waals surface area contributed by atoms with E-state index in [9.17, 15) is 14.0 Å². The number of alkyl carbamates (subject to hydrolysis) is 1. The van der Waals surface area contributed by atoms with E-state index in [1.807, 2.05) is 30.3 Å². The van der Waals surface area contributed by atoms with Crippen LogP contribution in [0.25, 0.3) is 0 Å². The van der Waals surface area contributed by atoms with Gasteiger partial charge >= 0.3 is 6.09 Å². The summed E-state index contributed by atoms with van der Waals surface area (Å²) in [6.45, 7) is 4.91. The highest BCUT2D eigenvalue weighted by Crippen LogP contribution is 2.19. The Morgan fingerprint density at radius 3 is 2.70 bits per heavy atom. The molecule has 0 radical (unpaired) electrons. The van der Waals surface area contributed by atoms with Crippen molar-refractivity contribution in [3.8, 4) is 0 Å². The smallest absolute Gasteiger partial charge is 0.408 e. The number of amides is 2. The standard InChI is InChI=1S/C24H28ClFN2O5/c1-24(2,27-23(30)33-14-17-6-4-3-5-7-17)22(29)28-10-11-32-20(13-28)16-31-15-18-8-9-19(26)12-21(18)25/h3-9,12,20H,10-11,13-16H2,1-2H3,(H,27,30). The number of rotatable bonds is 8. The number of carbonyl (C=O) groups is 2. The van der Waals surface area contributed by atoms with Crippen molar-refractivity contribution in [2.45, 2.75) is 38.7 Å². The molecule has 1 aliphatic rings. The number of nitrogens with one attached hydrogen (secondary N) is 1. The molecule has 1 N–H and O–H groups in total. The second kappa shape index (κ2) is 11.4. The van der Waals surface area contributed by atoms with E-state index < -0.39 is 17.4 Å². The van der Waals surface area contributed by atoms with Crippen LogP contribution in [-0.2, 0) is 32.2 Å². The van der Waals surface area contributed by atoms with Gasteiger partial charge in [0.05, 0.1) is 25.9 Å². The third-order valence-corrected chi connectivity index (χ3v) is 5.52. The van der Waals surface area contributed by atoms with E-state index >= 15 is 0 Å². The summed E-state index contributed by atoms with van der Waals surface area (Å²) in [7, 11) is 0. The minimum absolute atomic E-state index is 0.117. The van der Waals surface area contributed by atoms with Crippen molar-refractivity contribution in [1.29, 1.82) is 0 Å². The van der Waals surface area contributed by atoms with Crippen molar-refractivity contribution < 1.29 is 28.2 Å². The Bertz CT molecular complexity index is 957. The third kappa shape index (κ3) is 7.42. The Kier molecular flexibility index (Phi) is 8.66. The topological polar surface area (TPSA) is 77.1 Å². The molecule has 2 amide bonds. The summed E-state index contributed by atoms with van der Waals surface area (Å²) in [6.07, 6.45) is -0.996. The first-order valence-corrected chi connectivity index (χ1v) is 11.0. The van der Waals surface area contributed by atoms with Crippen molar-refractivity contribution in [3.05, 3.63) is 70.5 Å². The third-order valence-electron chi connectivity index (χ3n) is 5.16. The highest BCUT2D eigenvalue weighted by Gasteiger charge is 2.36. The van der Waals surface area contributed by atoms with Crippen molar-refractivity contribution in [2.24, 2.45) is 0 Å². The Morgan fingerprint density at radius 2 is 1.97 bits per heavy atom. The number of hydrogen-bond donors (Lipinski definition) is 1. The van der Waals surface area contributed by atoms with E-state index in [0.29, 0.717) is 30.3 Å². The number of morpholine rings is 1. The summed E-state index contributed by atoms with van der Waals surface area (Å²) in [5.74, 6) is -0.650. The van der Waals surface area contributed by atoms with Crippen LogP contribution in [-0.4, -0.2) is 54.8 Å². The second-order valence-corrected chi connectivity index (χ2v) is 8.71. The molecule has 0 aromatic heterocycles. The lowest BCUT2D eigenvalue weighted by atomic mass is 10.0. The van der Waals surface area contributed by atoms with Gasteiger partial charge in [-0.1, -0.05) is 48.0 Å². The van der Waals surface area contributed by atoms with Crippen molar-refractivity contribution in [1.82, 2.24) is 10.2 Å². The quantitative estimate of drug-likeness (QED) is 0.622. The van der Waals surface area contributed by atoms with Gasteiger partial charge in [0.15, 0.2) is 0 Å². The molecule has 1 fully saturated rings. The van der Waals surface area contributed by atoms with Crippen LogP contribution in [0.1, 0.15) is 25.0 Å². The maximum atomic E-state index is 13.2. The summed E-state index contributed by atoms with van der Waals surface area (Å²) < 4.78 is 29.8. The number of ether oxygens (including phenoxy) is 3. The van der Waals surface area contributed by atoms with Crippen LogP contribution in [0.15, 0.2) is 48.5 Å². The van der Waals surface area contributed by atoms with Crippen LogP contribution in [0.5, 0.6) is 0 Å². The Labute approximate surface area is 197 Å². The molecule has 3 rings (SSSR count). The molecule has 1 unspecified atom stereocenters. The predicted molar refractivity (Wildman–Crippen MR) is 121 cm³/mol. The monoisotopic (exact) mass is 478 g/mol. The van der Waals surface area contributed by atoms with Gasteiger partial charge in [0, 0.05) is 18.1 Å². The molecule has 0 bridgehead atoms. The molecule has 1 atom stereocenters. The molecular weight excluding hydrogens is 451 g/mol. The fourth-order valence-corrected chi connectivity index (χ4v) is 3.63. The minimum atomic E-state index is -1.15. The van der Waals surface area contributed by atoms with Gasteiger partial charge in [-0.2, -0.15) is 0 Å². The summed E-state index contributed by atoms with van der Waals surface area (Å²) in [5, 5.41) is 2.94. The predicted octanol–water partition coefficient (Wildman–Crippen LogP) is 3.93. The lowest BCUT2D eigenvalue weighted by molar-refractivity contribution is -0.147. The van der Waals surface area contributed by atoms with E-state index in [-0.39, 0.29) is 31.8 Å². The van der Waals surface area contributed by atoms with Crippen LogP contribution in [0.4, 0.5) is 9.18 Å². The van der Waals surface area contributed by atoms with Crippen LogP contribution in [0, 0.1) is 5.82 Å². The highest BCUT2D eigenvalue weighted by molar-refractivity contribution is 6.31. The van der Waals surface area contributed by atoms with Gasteiger partial charge in [-0.15, -0.1) is 0 Å². The number of hydrogen-bond acceptors (Lipinski definition) is 5. The lowest BCUT2D eigenvalue weighted by Crippen LogP contribution is -2.59. The van der Waals surface area contributed by atoms with Gasteiger partial charge in [-0.05, 0) is 37.1 Å². The molecule has 33 heavy (non-hydrogen) atoms. The zero-order valence-electron chi connectivity index (χ0n) is 18.7. The van der Waals surface area contributed by atoms with Gasteiger partial charge < -0.3 is 24.4 Å². The normalized spacial score (nSPS) is 16.4. The Hall–Kier alpha value is -2.68. The lowest BCUT2D eigenvalue weighted by Gasteiger charge is -2.37. The molecule has 7 nitrogen and oxygen atoms in total. The van der Waals surface area contributed by atoms with Gasteiger partial charge in [-0.3, -0.25) is 4.79 Å². The first-order valence-electron chi connectivity index (χ1n) is 10.7. The fraction of sp³-hybridized carbons (Fsp3) is 0.417. The zero-order valence-corrected chi connectivity index (χ0v) is 19.4. The maximum absolute atomic E-state index is 13.2. The van der Waals surface area contributed by atoms with Crippen LogP contribution < -0.4 is 5.32 Å². The van der Waals surface area contributed by atoms with E-state index in [0.717, 1.165) is 5.56 Å². The van der Waals surface area contributed by atoms with Crippen molar-refractivity contribution in [2.75, 3.05) is 26.3 Å². The highest BCUT2D eigenvalue weighted by atomic mass is 35.5. The zero-order chi connectivity index (χ0) is 23.8. The van der Waals surface area contributed by atoms with E-state index in [1.165, 1.54) is 12.1 Å². The van der Waals surface area contributed by atoms with Crippen LogP contribution >= 0.6 is 11.6 Å². The Balaban J connectivity index is 1.46. The number of benzene rings is 2. The van der Waals surface area contributed by atoms with Crippen molar-refractivity contribution >= 4 is 23.6 Å². The second-order valence-electron chi connectivity index (χ2n) is 8.31. The average molecular weight is 479 g/mol. The minimum Gasteiger partial charge on any atom is -0.445 e. The molecule has 0 spiro atoms. The maximum Gasteiger partial charge on any atom is 0.408 e. The molecular formula is C24H28ClFN2O5. The van der Waals surface area contributed by atoms with Crippen molar-refractivity contribution in [3.63, 3.8) is 0 Å². The SMILES string of the molecule is CC(C)(NC(=O)OCc1ccccc1)C(=O)N1CCOC(COCc2ccc(F)cc2Cl)C1. The molecule has 178 valence electrons. The van der Waals surface area contributed by atoms with Crippen LogP contribution in [0.3, 0.4) is 0 Å². The van der Waals surface area contributed by atoms with E-state index in [1.54, 1.807) is 24.8 Å². The van der Waals surface area contributed by atoms with E-state index in [4.69, 9.17) is 25.8 Å². The van der Waals surface area contributed by atoms with Gasteiger partial charge in [-0.25, -0.2) is 9.18 Å². The first kappa shape index (κ1) is 25.0. The molecule has 1 saturated heterocycles. The summed E-state index contributed by atoms with van der Waals surface area (Å²) in [6, 6.07) is 13.4. The molecule has 1 aliphatic heterocycles.